The second kappa shape index (κ2) is 9.91. The molecular formula is C8H17BrClF2NO2Sc. The monoisotopic (exact) mass is 356 g/mol. The van der Waals surface area contributed by atoms with Crippen molar-refractivity contribution >= 4 is 23.0 Å². The van der Waals surface area contributed by atoms with Crippen molar-refractivity contribution in [3.63, 3.8) is 0 Å². The van der Waals surface area contributed by atoms with Gasteiger partial charge in [-0.05, 0) is 13.8 Å². The minimum Gasteiger partial charge on any atom is -1.00 e. The van der Waals surface area contributed by atoms with E-state index in [0.717, 1.165) is 6.92 Å². The van der Waals surface area contributed by atoms with Gasteiger partial charge in [0.25, 0.3) is 0 Å². The molecule has 0 heterocycles. The summed E-state index contributed by atoms with van der Waals surface area (Å²) in [5.74, 6) is -1.19. The van der Waals surface area contributed by atoms with Gasteiger partial charge < -0.3 is 17.5 Å². The zero-order valence-corrected chi connectivity index (χ0v) is 13.8. The van der Waals surface area contributed by atoms with Gasteiger partial charge in [-0.15, -0.1) is 25.8 Å². The SMILES string of the molecule is Br.CC[N+](CC)(CC(=O)O)C(C)(F)F.[Cl-].[Sc]. The number of carbonyl (C=O) groups is 1. The van der Waals surface area contributed by atoms with E-state index in [1.807, 2.05) is 0 Å². The molecule has 0 amide bonds. The minimum absolute atomic E-state index is 0. The number of hydrogen-bond donors (Lipinski definition) is 1. The number of alkyl halides is 2. The fourth-order valence-electron chi connectivity index (χ4n) is 1.40. The van der Waals surface area contributed by atoms with Crippen molar-refractivity contribution in [3.8, 4) is 0 Å². The van der Waals surface area contributed by atoms with E-state index in [-0.39, 0.29) is 68.3 Å². The maximum atomic E-state index is 13.1. The Balaban J connectivity index is -0.000000240. The summed E-state index contributed by atoms with van der Waals surface area (Å²) in [5, 5.41) is 8.53. The van der Waals surface area contributed by atoms with Crippen molar-refractivity contribution in [1.29, 1.82) is 0 Å². The summed E-state index contributed by atoms with van der Waals surface area (Å²) in [6.07, 6.45) is 0. The molecule has 0 spiro atoms. The Hall–Kier alpha value is 0.930. The normalized spacial score (nSPS) is 10.6. The molecule has 1 radical (unpaired) electrons. The second-order valence-electron chi connectivity index (χ2n) is 3.17. The molecule has 16 heavy (non-hydrogen) atoms. The fourth-order valence-corrected chi connectivity index (χ4v) is 1.40. The van der Waals surface area contributed by atoms with E-state index in [2.05, 4.69) is 0 Å². The van der Waals surface area contributed by atoms with Gasteiger partial charge >= 0.3 is 12.0 Å². The first-order chi connectivity index (χ1) is 5.79. The predicted molar refractivity (Wildman–Crippen MR) is 54.8 cm³/mol. The van der Waals surface area contributed by atoms with E-state index < -0.39 is 23.0 Å². The largest absolute Gasteiger partial charge is 1.00 e. The van der Waals surface area contributed by atoms with Crippen LogP contribution in [0.4, 0.5) is 8.78 Å². The molecule has 3 nitrogen and oxygen atoms in total. The van der Waals surface area contributed by atoms with Gasteiger partial charge in [0.2, 0.25) is 0 Å². The van der Waals surface area contributed by atoms with Gasteiger partial charge in [-0.25, -0.2) is 4.79 Å². The van der Waals surface area contributed by atoms with E-state index in [9.17, 15) is 13.6 Å². The fraction of sp³-hybridized carbons (Fsp3) is 0.875. The van der Waals surface area contributed by atoms with Crippen LogP contribution in [0.2, 0.25) is 0 Å². The van der Waals surface area contributed by atoms with Crippen molar-refractivity contribution in [1.82, 2.24) is 0 Å². The van der Waals surface area contributed by atoms with Crippen LogP contribution in [0.5, 0.6) is 0 Å². The van der Waals surface area contributed by atoms with Crippen molar-refractivity contribution in [2.45, 2.75) is 26.8 Å². The average molecular weight is 358 g/mol. The Kier molecular flexibility index (Phi) is 15.9. The molecule has 0 fully saturated rings. The van der Waals surface area contributed by atoms with Crippen LogP contribution < -0.4 is 12.4 Å². The summed E-state index contributed by atoms with van der Waals surface area (Å²) in [5.41, 5.74) is 0. The molecule has 0 aliphatic carbocycles. The Labute approximate surface area is 130 Å². The third-order valence-electron chi connectivity index (χ3n) is 2.48. The summed E-state index contributed by atoms with van der Waals surface area (Å²) >= 11 is 0. The van der Waals surface area contributed by atoms with Crippen LogP contribution in [0.15, 0.2) is 0 Å². The Morgan fingerprint density at radius 3 is 1.69 bits per heavy atom. The molecule has 0 aromatic carbocycles. The number of nitrogens with zero attached hydrogens (tertiary/aromatic N) is 1. The number of halogens is 4. The first-order valence-corrected chi connectivity index (χ1v) is 4.25. The summed E-state index contributed by atoms with van der Waals surface area (Å²) in [7, 11) is 0. The third-order valence-corrected chi connectivity index (χ3v) is 2.48. The minimum atomic E-state index is -3.00. The number of hydrogen-bond acceptors (Lipinski definition) is 1. The smallest absolute Gasteiger partial charge is 0.388 e. The van der Waals surface area contributed by atoms with Crippen molar-refractivity contribution < 1.29 is 61.4 Å². The predicted octanol–water partition coefficient (Wildman–Crippen LogP) is -0.880. The molecule has 0 aliphatic heterocycles. The topological polar surface area (TPSA) is 37.3 Å². The maximum absolute atomic E-state index is 13.1. The average Bonchev–Trinajstić information content (AvgIpc) is 1.97. The van der Waals surface area contributed by atoms with E-state index in [1.165, 1.54) is 0 Å². The quantitative estimate of drug-likeness (QED) is 0.513. The van der Waals surface area contributed by atoms with E-state index in [4.69, 9.17) is 5.11 Å². The number of rotatable bonds is 5. The standard InChI is InChI=1S/C8H15F2NO2.BrH.ClH.Sc/c1-4-11(5-2,6-7(12)13)8(3,9)10;;;/h4-6H2,1-3H3;2*1H;. The molecule has 0 aromatic rings. The molecular weight excluding hydrogens is 340 g/mol. The van der Waals surface area contributed by atoms with Gasteiger partial charge in [-0.3, -0.25) is 4.48 Å². The number of quaternary nitrogens is 1. The van der Waals surface area contributed by atoms with Gasteiger partial charge in [0.1, 0.15) is 0 Å². The molecule has 0 aromatic heterocycles. The van der Waals surface area contributed by atoms with Gasteiger partial charge in [-0.2, -0.15) is 0 Å². The first kappa shape index (κ1) is 25.7. The molecule has 0 unspecified atom stereocenters. The summed E-state index contributed by atoms with van der Waals surface area (Å²) < 4.78 is 25.5. The van der Waals surface area contributed by atoms with Crippen LogP contribution in [-0.4, -0.2) is 41.2 Å². The molecule has 1 N–H and O–H groups in total. The summed E-state index contributed by atoms with van der Waals surface area (Å²) in [6, 6.07) is -3.00. The van der Waals surface area contributed by atoms with Gasteiger partial charge in [-0.1, -0.05) is 0 Å². The zero-order chi connectivity index (χ0) is 10.7. The Morgan fingerprint density at radius 1 is 1.31 bits per heavy atom. The molecule has 0 bridgehead atoms. The van der Waals surface area contributed by atoms with Gasteiger partial charge in [0.05, 0.1) is 20.0 Å². The number of carboxylic acid groups (broad SMARTS) is 1. The second-order valence-corrected chi connectivity index (χ2v) is 3.17. The molecule has 0 rings (SSSR count). The van der Waals surface area contributed by atoms with E-state index in [0.29, 0.717) is 0 Å². The molecule has 97 valence electrons. The Morgan fingerprint density at radius 2 is 1.62 bits per heavy atom. The molecule has 0 saturated carbocycles. The molecule has 0 saturated heterocycles. The molecule has 0 aliphatic rings. The summed E-state index contributed by atoms with van der Waals surface area (Å²) in [6.45, 7) is 3.62. The van der Waals surface area contributed by atoms with Crippen molar-refractivity contribution in [2.24, 2.45) is 0 Å². The Bertz CT molecular complexity index is 201. The maximum Gasteiger partial charge on any atom is 0.388 e. The van der Waals surface area contributed by atoms with Crippen LogP contribution >= 0.6 is 17.0 Å². The van der Waals surface area contributed by atoms with Crippen LogP contribution in [0.25, 0.3) is 0 Å². The molecule has 8 heteroatoms. The van der Waals surface area contributed by atoms with Gasteiger partial charge in [0, 0.05) is 25.8 Å². The van der Waals surface area contributed by atoms with Crippen LogP contribution in [-0.2, 0) is 30.6 Å². The van der Waals surface area contributed by atoms with Crippen LogP contribution in [0, 0.1) is 0 Å². The van der Waals surface area contributed by atoms with Crippen molar-refractivity contribution in [3.05, 3.63) is 0 Å². The zero-order valence-electron chi connectivity index (χ0n) is 9.54. The third kappa shape index (κ3) is 6.61. The van der Waals surface area contributed by atoms with Gasteiger partial charge in [0.15, 0.2) is 6.54 Å². The number of carboxylic acids is 1. The molecule has 0 atom stereocenters. The number of aliphatic carboxylic acids is 1. The van der Waals surface area contributed by atoms with Crippen molar-refractivity contribution in [2.75, 3.05) is 19.6 Å². The van der Waals surface area contributed by atoms with Crippen LogP contribution in [0.1, 0.15) is 20.8 Å². The van der Waals surface area contributed by atoms with E-state index >= 15 is 0 Å². The van der Waals surface area contributed by atoms with Crippen LogP contribution in [0.3, 0.4) is 0 Å². The van der Waals surface area contributed by atoms with E-state index in [1.54, 1.807) is 13.8 Å². The first-order valence-electron chi connectivity index (χ1n) is 4.25. The summed E-state index contributed by atoms with van der Waals surface area (Å²) in [4.78, 5) is 10.4. The number of likely N-dealkylation sites (N-methyl/N-ethyl adjacent to an activating group) is 1.